The van der Waals surface area contributed by atoms with Gasteiger partial charge in [-0.05, 0) is 43.7 Å². The van der Waals surface area contributed by atoms with Gasteiger partial charge in [0.1, 0.15) is 5.75 Å². The number of aryl methyl sites for hydroxylation is 2. The predicted molar refractivity (Wildman–Crippen MR) is 86.7 cm³/mol. The first kappa shape index (κ1) is 15.3. The van der Waals surface area contributed by atoms with Crippen molar-refractivity contribution in [2.24, 2.45) is 0 Å². The largest absolute Gasteiger partial charge is 0.399 e. The SMILES string of the molecule is Cc1ccc(S(=O)CC(=O)Nc2cc(N)ccc2C)cc1. The molecule has 0 aliphatic heterocycles. The molecule has 0 radical (unpaired) electrons. The summed E-state index contributed by atoms with van der Waals surface area (Å²) in [4.78, 5) is 12.6. The number of benzene rings is 2. The van der Waals surface area contributed by atoms with Gasteiger partial charge in [0.2, 0.25) is 5.91 Å². The summed E-state index contributed by atoms with van der Waals surface area (Å²) in [5.74, 6) is -0.361. The van der Waals surface area contributed by atoms with Gasteiger partial charge in [0.25, 0.3) is 0 Å². The summed E-state index contributed by atoms with van der Waals surface area (Å²) >= 11 is 0. The Kier molecular flexibility index (Phi) is 4.75. The zero-order valence-electron chi connectivity index (χ0n) is 12.1. The number of nitrogen functional groups attached to an aromatic ring is 1. The van der Waals surface area contributed by atoms with Crippen LogP contribution >= 0.6 is 0 Å². The second kappa shape index (κ2) is 6.54. The van der Waals surface area contributed by atoms with E-state index in [1.165, 1.54) is 0 Å². The predicted octanol–water partition coefficient (Wildman–Crippen LogP) is 2.63. The highest BCUT2D eigenvalue weighted by Crippen LogP contribution is 2.18. The van der Waals surface area contributed by atoms with Gasteiger partial charge < -0.3 is 11.1 Å². The van der Waals surface area contributed by atoms with E-state index < -0.39 is 10.8 Å². The van der Waals surface area contributed by atoms with Crippen LogP contribution in [-0.2, 0) is 15.6 Å². The molecule has 0 saturated carbocycles. The summed E-state index contributed by atoms with van der Waals surface area (Å²) in [7, 11) is -1.35. The molecule has 2 rings (SSSR count). The fraction of sp³-hybridized carbons (Fsp3) is 0.188. The first-order valence-corrected chi connectivity index (χ1v) is 7.88. The summed E-state index contributed by atoms with van der Waals surface area (Å²) in [5, 5.41) is 2.75. The van der Waals surface area contributed by atoms with Crippen molar-refractivity contribution in [1.29, 1.82) is 0 Å². The normalized spacial score (nSPS) is 11.9. The lowest BCUT2D eigenvalue weighted by molar-refractivity contribution is -0.113. The van der Waals surface area contributed by atoms with E-state index in [0.717, 1.165) is 11.1 Å². The number of hydrogen-bond acceptors (Lipinski definition) is 3. The molecule has 0 bridgehead atoms. The Morgan fingerprint density at radius 2 is 1.81 bits per heavy atom. The minimum Gasteiger partial charge on any atom is -0.399 e. The zero-order chi connectivity index (χ0) is 15.4. The first-order chi connectivity index (χ1) is 9.95. The standard InChI is InChI=1S/C16H18N2O2S/c1-11-3-7-14(8-4-11)21(20)10-16(19)18-15-9-13(17)6-5-12(15)2/h3-9H,10,17H2,1-2H3,(H,18,19). The molecule has 0 saturated heterocycles. The molecule has 0 aliphatic carbocycles. The second-order valence-corrected chi connectivity index (χ2v) is 6.38. The van der Waals surface area contributed by atoms with Crippen LogP contribution in [0.2, 0.25) is 0 Å². The molecule has 1 amide bonds. The van der Waals surface area contributed by atoms with Crippen LogP contribution in [0, 0.1) is 13.8 Å². The maximum absolute atomic E-state index is 12.1. The maximum atomic E-state index is 12.1. The number of carbonyl (C=O) groups excluding carboxylic acids is 1. The molecule has 0 aliphatic rings. The van der Waals surface area contributed by atoms with E-state index in [0.29, 0.717) is 16.3 Å². The van der Waals surface area contributed by atoms with Gasteiger partial charge in [0.05, 0.1) is 10.8 Å². The van der Waals surface area contributed by atoms with E-state index in [9.17, 15) is 9.00 Å². The van der Waals surface area contributed by atoms with Gasteiger partial charge in [0.15, 0.2) is 0 Å². The lowest BCUT2D eigenvalue weighted by Gasteiger charge is -2.09. The highest BCUT2D eigenvalue weighted by atomic mass is 32.2. The van der Waals surface area contributed by atoms with E-state index in [1.807, 2.05) is 32.0 Å². The van der Waals surface area contributed by atoms with Gasteiger partial charge >= 0.3 is 0 Å². The minimum atomic E-state index is -1.35. The molecule has 0 heterocycles. The van der Waals surface area contributed by atoms with Gasteiger partial charge in [-0.15, -0.1) is 0 Å². The van der Waals surface area contributed by atoms with Gasteiger partial charge in [-0.2, -0.15) is 0 Å². The summed E-state index contributed by atoms with van der Waals surface area (Å²) < 4.78 is 12.1. The lowest BCUT2D eigenvalue weighted by atomic mass is 10.2. The van der Waals surface area contributed by atoms with Crippen LogP contribution in [0.4, 0.5) is 11.4 Å². The third-order valence-electron chi connectivity index (χ3n) is 3.08. The summed E-state index contributed by atoms with van der Waals surface area (Å²) in [6.45, 7) is 3.84. The van der Waals surface area contributed by atoms with Crippen molar-refractivity contribution in [2.75, 3.05) is 16.8 Å². The number of carbonyl (C=O) groups is 1. The van der Waals surface area contributed by atoms with Crippen LogP contribution in [0.1, 0.15) is 11.1 Å². The molecule has 1 unspecified atom stereocenters. The molecule has 2 aromatic rings. The third kappa shape index (κ3) is 4.16. The highest BCUT2D eigenvalue weighted by Gasteiger charge is 2.11. The number of anilines is 2. The molecular weight excluding hydrogens is 284 g/mol. The van der Waals surface area contributed by atoms with E-state index in [-0.39, 0.29) is 11.7 Å². The zero-order valence-corrected chi connectivity index (χ0v) is 12.9. The molecule has 110 valence electrons. The molecule has 2 aromatic carbocycles. The van der Waals surface area contributed by atoms with Crippen molar-refractivity contribution in [3.8, 4) is 0 Å². The summed E-state index contributed by atoms with van der Waals surface area (Å²) in [6, 6.07) is 12.6. The number of hydrogen-bond donors (Lipinski definition) is 2. The molecular formula is C16H18N2O2S. The van der Waals surface area contributed by atoms with Crippen LogP contribution in [0.25, 0.3) is 0 Å². The quantitative estimate of drug-likeness (QED) is 0.853. The number of amides is 1. The Balaban J connectivity index is 2.03. The Hall–Kier alpha value is -2.14. The average molecular weight is 302 g/mol. The van der Waals surface area contributed by atoms with Crippen LogP contribution in [0.5, 0.6) is 0 Å². The number of rotatable bonds is 4. The van der Waals surface area contributed by atoms with Crippen molar-refractivity contribution in [2.45, 2.75) is 18.7 Å². The van der Waals surface area contributed by atoms with E-state index in [1.54, 1.807) is 24.3 Å². The first-order valence-electron chi connectivity index (χ1n) is 6.57. The second-order valence-electron chi connectivity index (χ2n) is 4.93. The van der Waals surface area contributed by atoms with Crippen molar-refractivity contribution < 1.29 is 9.00 Å². The Bertz CT molecular complexity index is 681. The molecule has 0 fully saturated rings. The number of nitrogens with two attached hydrogens (primary N) is 1. The van der Waals surface area contributed by atoms with Crippen molar-refractivity contribution >= 4 is 28.1 Å². The van der Waals surface area contributed by atoms with Gasteiger partial charge in [-0.25, -0.2) is 0 Å². The third-order valence-corrected chi connectivity index (χ3v) is 4.40. The topological polar surface area (TPSA) is 72.2 Å². The average Bonchev–Trinajstić information content (AvgIpc) is 2.43. The minimum absolute atomic E-state index is 0.0721. The Morgan fingerprint density at radius 1 is 1.14 bits per heavy atom. The Labute approximate surface area is 126 Å². The maximum Gasteiger partial charge on any atom is 0.237 e. The van der Waals surface area contributed by atoms with Gasteiger partial charge in [-0.1, -0.05) is 23.8 Å². The summed E-state index contributed by atoms with van der Waals surface area (Å²) in [5.41, 5.74) is 8.94. The van der Waals surface area contributed by atoms with Crippen LogP contribution in [0.3, 0.4) is 0 Å². The molecule has 3 N–H and O–H groups in total. The van der Waals surface area contributed by atoms with Crippen LogP contribution in [-0.4, -0.2) is 15.9 Å². The smallest absolute Gasteiger partial charge is 0.237 e. The lowest BCUT2D eigenvalue weighted by Crippen LogP contribution is -2.20. The molecule has 5 heteroatoms. The van der Waals surface area contributed by atoms with Crippen molar-refractivity contribution in [3.63, 3.8) is 0 Å². The van der Waals surface area contributed by atoms with Gasteiger partial charge in [0, 0.05) is 16.3 Å². The van der Waals surface area contributed by atoms with Gasteiger partial charge in [-0.3, -0.25) is 9.00 Å². The monoisotopic (exact) mass is 302 g/mol. The molecule has 0 spiro atoms. The number of nitrogens with one attached hydrogen (secondary N) is 1. The molecule has 1 atom stereocenters. The Morgan fingerprint density at radius 3 is 2.48 bits per heavy atom. The molecule has 0 aromatic heterocycles. The fourth-order valence-electron chi connectivity index (χ4n) is 1.85. The van der Waals surface area contributed by atoms with E-state index >= 15 is 0 Å². The van der Waals surface area contributed by atoms with Crippen LogP contribution in [0.15, 0.2) is 47.4 Å². The van der Waals surface area contributed by atoms with E-state index in [2.05, 4.69) is 5.32 Å². The molecule has 4 nitrogen and oxygen atoms in total. The molecule has 21 heavy (non-hydrogen) atoms. The summed E-state index contributed by atoms with van der Waals surface area (Å²) in [6.07, 6.45) is 0. The highest BCUT2D eigenvalue weighted by molar-refractivity contribution is 7.85. The van der Waals surface area contributed by atoms with E-state index in [4.69, 9.17) is 5.73 Å². The van der Waals surface area contributed by atoms with Crippen molar-refractivity contribution in [3.05, 3.63) is 53.6 Å². The fourth-order valence-corrected chi connectivity index (χ4v) is 2.77. The van der Waals surface area contributed by atoms with Crippen LogP contribution < -0.4 is 11.1 Å². The van der Waals surface area contributed by atoms with Crippen molar-refractivity contribution in [1.82, 2.24) is 0 Å².